The Hall–Kier alpha value is -3.88. The monoisotopic (exact) mass is 523 g/mol. The maximum Gasteiger partial charge on any atom is 0.249 e. The molecule has 0 spiro atoms. The summed E-state index contributed by atoms with van der Waals surface area (Å²) in [6.45, 7) is 2.20. The predicted molar refractivity (Wildman–Crippen MR) is 139 cm³/mol. The van der Waals surface area contributed by atoms with Crippen molar-refractivity contribution in [2.45, 2.75) is 20.0 Å². The SMILES string of the molecule is COCC(=O)N(Cc1ccc(F)cc1)Cc1c(C)nn(-c2cccc(Cl)c2)c1Oc1ccc(OC)cc1. The third kappa shape index (κ3) is 6.47. The second-order valence-electron chi connectivity index (χ2n) is 8.35. The van der Waals surface area contributed by atoms with Gasteiger partial charge in [-0.15, -0.1) is 0 Å². The first kappa shape index (κ1) is 26.2. The van der Waals surface area contributed by atoms with Crippen molar-refractivity contribution < 1.29 is 23.4 Å². The largest absolute Gasteiger partial charge is 0.497 e. The molecule has 37 heavy (non-hydrogen) atoms. The fraction of sp³-hybridized carbons (Fsp3) is 0.214. The van der Waals surface area contributed by atoms with Gasteiger partial charge < -0.3 is 19.1 Å². The smallest absolute Gasteiger partial charge is 0.249 e. The normalized spacial score (nSPS) is 10.8. The molecule has 3 aromatic carbocycles. The predicted octanol–water partition coefficient (Wildman–Crippen LogP) is 5.95. The summed E-state index contributed by atoms with van der Waals surface area (Å²) in [5.41, 5.74) is 2.88. The maximum atomic E-state index is 13.5. The van der Waals surface area contributed by atoms with Crippen LogP contribution in [0.4, 0.5) is 4.39 Å². The summed E-state index contributed by atoms with van der Waals surface area (Å²) in [6.07, 6.45) is 0. The molecule has 1 aromatic heterocycles. The number of methoxy groups -OCH3 is 2. The molecule has 4 aromatic rings. The minimum atomic E-state index is -0.340. The van der Waals surface area contributed by atoms with Gasteiger partial charge in [-0.3, -0.25) is 4.79 Å². The van der Waals surface area contributed by atoms with Crippen molar-refractivity contribution in [2.75, 3.05) is 20.8 Å². The molecule has 0 aliphatic carbocycles. The molecular formula is C28H27ClFN3O4. The van der Waals surface area contributed by atoms with E-state index < -0.39 is 0 Å². The molecule has 0 unspecified atom stereocenters. The van der Waals surface area contributed by atoms with E-state index >= 15 is 0 Å². The first-order chi connectivity index (χ1) is 17.9. The van der Waals surface area contributed by atoms with Crippen LogP contribution in [0.5, 0.6) is 17.4 Å². The molecule has 0 saturated heterocycles. The average molecular weight is 524 g/mol. The van der Waals surface area contributed by atoms with Crippen molar-refractivity contribution in [3.05, 3.63) is 100 Å². The summed E-state index contributed by atoms with van der Waals surface area (Å²) in [5, 5.41) is 5.27. The van der Waals surface area contributed by atoms with Crippen LogP contribution in [0.25, 0.3) is 5.69 Å². The number of ether oxygens (including phenoxy) is 3. The molecule has 7 nitrogen and oxygen atoms in total. The molecule has 1 amide bonds. The number of carbonyl (C=O) groups excluding carboxylic acids is 1. The molecule has 0 atom stereocenters. The maximum absolute atomic E-state index is 13.5. The molecule has 1 heterocycles. The van der Waals surface area contributed by atoms with Gasteiger partial charge in [0.1, 0.15) is 23.9 Å². The topological polar surface area (TPSA) is 65.8 Å². The molecule has 9 heteroatoms. The standard InChI is InChI=1S/C28H27ClFN3O4/c1-19-26(17-32(27(34)18-35-2)16-20-7-9-22(30)10-8-20)28(37-25-13-11-24(36-3)12-14-25)33(31-19)23-6-4-5-21(29)15-23/h4-15H,16-18H2,1-3H3. The zero-order valence-electron chi connectivity index (χ0n) is 20.8. The van der Waals surface area contributed by atoms with E-state index in [9.17, 15) is 9.18 Å². The van der Waals surface area contributed by atoms with Gasteiger partial charge in [-0.1, -0.05) is 29.8 Å². The Morgan fingerprint density at radius 2 is 1.70 bits per heavy atom. The lowest BCUT2D eigenvalue weighted by Gasteiger charge is -2.23. The van der Waals surface area contributed by atoms with E-state index in [2.05, 4.69) is 0 Å². The molecular weight excluding hydrogens is 497 g/mol. The number of carbonyl (C=O) groups is 1. The van der Waals surface area contributed by atoms with Crippen LogP contribution in [0.15, 0.2) is 72.8 Å². The lowest BCUT2D eigenvalue weighted by atomic mass is 10.1. The van der Waals surface area contributed by atoms with Crippen molar-refractivity contribution >= 4 is 17.5 Å². The fourth-order valence-corrected chi connectivity index (χ4v) is 4.00. The second-order valence-corrected chi connectivity index (χ2v) is 8.78. The van der Waals surface area contributed by atoms with Crippen LogP contribution in [0.3, 0.4) is 0 Å². The van der Waals surface area contributed by atoms with Crippen molar-refractivity contribution in [3.63, 3.8) is 0 Å². The van der Waals surface area contributed by atoms with Gasteiger partial charge in [-0.05, 0) is 67.1 Å². The molecule has 0 fully saturated rings. The summed E-state index contributed by atoms with van der Waals surface area (Å²) >= 11 is 6.26. The number of halogens is 2. The highest BCUT2D eigenvalue weighted by Gasteiger charge is 2.24. The Morgan fingerprint density at radius 1 is 1.00 bits per heavy atom. The van der Waals surface area contributed by atoms with Gasteiger partial charge in [0.05, 0.1) is 30.6 Å². The highest BCUT2D eigenvalue weighted by atomic mass is 35.5. The van der Waals surface area contributed by atoms with Gasteiger partial charge in [0.15, 0.2) is 0 Å². The van der Waals surface area contributed by atoms with Crippen molar-refractivity contribution in [2.24, 2.45) is 0 Å². The van der Waals surface area contributed by atoms with E-state index in [1.165, 1.54) is 19.2 Å². The van der Waals surface area contributed by atoms with Gasteiger partial charge in [-0.25, -0.2) is 9.07 Å². The fourth-order valence-electron chi connectivity index (χ4n) is 3.81. The number of rotatable bonds is 10. The number of amides is 1. The van der Waals surface area contributed by atoms with Crippen molar-refractivity contribution in [3.8, 4) is 23.1 Å². The van der Waals surface area contributed by atoms with Crippen molar-refractivity contribution in [1.29, 1.82) is 0 Å². The third-order valence-corrected chi connectivity index (χ3v) is 5.96. The van der Waals surface area contributed by atoms with Crippen molar-refractivity contribution in [1.82, 2.24) is 14.7 Å². The van der Waals surface area contributed by atoms with Crippen LogP contribution >= 0.6 is 11.6 Å². The summed E-state index contributed by atoms with van der Waals surface area (Å²) < 4.78 is 31.8. The Labute approximate surface area is 219 Å². The molecule has 0 bridgehead atoms. The van der Waals surface area contributed by atoms with Gasteiger partial charge >= 0.3 is 0 Å². The Bertz CT molecular complexity index is 1360. The molecule has 0 aliphatic rings. The molecule has 0 aliphatic heterocycles. The van der Waals surface area contributed by atoms with E-state index in [4.69, 9.17) is 30.9 Å². The molecule has 4 rings (SSSR count). The number of aryl methyl sites for hydroxylation is 1. The van der Waals surface area contributed by atoms with Crippen LogP contribution in [-0.2, 0) is 22.6 Å². The molecule has 0 radical (unpaired) electrons. The van der Waals surface area contributed by atoms with Crippen LogP contribution in [0, 0.1) is 12.7 Å². The first-order valence-electron chi connectivity index (χ1n) is 11.6. The van der Waals surface area contributed by atoms with Crippen LogP contribution in [0.2, 0.25) is 5.02 Å². The minimum absolute atomic E-state index is 0.0999. The summed E-state index contributed by atoms with van der Waals surface area (Å²) in [5.74, 6) is 1.14. The number of nitrogens with zero attached hydrogens (tertiary/aromatic N) is 3. The van der Waals surface area contributed by atoms with Crippen LogP contribution in [0.1, 0.15) is 16.8 Å². The highest BCUT2D eigenvalue weighted by molar-refractivity contribution is 6.30. The van der Waals surface area contributed by atoms with E-state index in [1.807, 2.05) is 19.1 Å². The number of hydrogen-bond acceptors (Lipinski definition) is 5. The lowest BCUT2D eigenvalue weighted by Crippen LogP contribution is -2.33. The first-order valence-corrected chi connectivity index (χ1v) is 11.9. The van der Waals surface area contributed by atoms with Gasteiger partial charge in [0, 0.05) is 18.7 Å². The van der Waals surface area contributed by atoms with Gasteiger partial charge in [0.25, 0.3) is 0 Å². The van der Waals surface area contributed by atoms with Crippen LogP contribution < -0.4 is 9.47 Å². The van der Waals surface area contributed by atoms with E-state index in [0.717, 1.165) is 5.56 Å². The van der Waals surface area contributed by atoms with Gasteiger partial charge in [-0.2, -0.15) is 5.10 Å². The average Bonchev–Trinajstić information content (AvgIpc) is 3.20. The molecule has 0 N–H and O–H groups in total. The number of benzene rings is 3. The second kappa shape index (κ2) is 11.9. The lowest BCUT2D eigenvalue weighted by molar-refractivity contribution is -0.136. The quantitative estimate of drug-likeness (QED) is 0.257. The zero-order valence-corrected chi connectivity index (χ0v) is 21.5. The Morgan fingerprint density at radius 3 is 2.35 bits per heavy atom. The Balaban J connectivity index is 1.75. The van der Waals surface area contributed by atoms with Crippen LogP contribution in [-0.4, -0.2) is 41.4 Å². The Kier molecular flexibility index (Phi) is 8.43. The third-order valence-electron chi connectivity index (χ3n) is 5.72. The molecule has 192 valence electrons. The highest BCUT2D eigenvalue weighted by Crippen LogP contribution is 2.33. The van der Waals surface area contributed by atoms with E-state index in [1.54, 1.807) is 65.2 Å². The van der Waals surface area contributed by atoms with E-state index in [-0.39, 0.29) is 31.4 Å². The van der Waals surface area contributed by atoms with Gasteiger partial charge in [0.2, 0.25) is 11.8 Å². The summed E-state index contributed by atoms with van der Waals surface area (Å²) in [6, 6.07) is 20.5. The molecule has 0 saturated carbocycles. The summed E-state index contributed by atoms with van der Waals surface area (Å²) in [4.78, 5) is 14.6. The number of hydrogen-bond donors (Lipinski definition) is 0. The number of aromatic nitrogens is 2. The summed E-state index contributed by atoms with van der Waals surface area (Å²) in [7, 11) is 3.06. The van der Waals surface area contributed by atoms with E-state index in [0.29, 0.717) is 39.3 Å². The minimum Gasteiger partial charge on any atom is -0.497 e. The zero-order chi connectivity index (χ0) is 26.4.